The first-order valence-electron chi connectivity index (χ1n) is 17.2. The van der Waals surface area contributed by atoms with E-state index in [1.165, 1.54) is 64.2 Å². The average Bonchev–Trinajstić information content (AvgIpc) is 2.96. The SMILES string of the molecule is CCCCC/C=C\C=C\C(=O)CCCCCCCC(=O)O[C@@H](CO)COC(=O)CCCCCCCCCCCC(C)C. The van der Waals surface area contributed by atoms with Crippen LogP contribution in [-0.2, 0) is 23.9 Å². The molecule has 0 bridgehead atoms. The summed E-state index contributed by atoms with van der Waals surface area (Å²) in [7, 11) is 0. The van der Waals surface area contributed by atoms with Gasteiger partial charge in [-0.3, -0.25) is 14.4 Å². The normalized spacial score (nSPS) is 12.4. The van der Waals surface area contributed by atoms with Crippen molar-refractivity contribution in [1.82, 2.24) is 0 Å². The van der Waals surface area contributed by atoms with Gasteiger partial charge in [-0.15, -0.1) is 0 Å². The summed E-state index contributed by atoms with van der Waals surface area (Å²) in [6.07, 6.45) is 29.1. The van der Waals surface area contributed by atoms with Crippen molar-refractivity contribution < 1.29 is 29.0 Å². The molecule has 1 N–H and O–H groups in total. The average molecular weight is 593 g/mol. The maximum atomic E-state index is 12.1. The van der Waals surface area contributed by atoms with E-state index in [1.54, 1.807) is 6.08 Å². The second-order valence-electron chi connectivity index (χ2n) is 12.1. The van der Waals surface area contributed by atoms with Gasteiger partial charge in [-0.2, -0.15) is 0 Å². The molecule has 0 fully saturated rings. The van der Waals surface area contributed by atoms with Crippen LogP contribution < -0.4 is 0 Å². The van der Waals surface area contributed by atoms with Crippen LogP contribution in [0.4, 0.5) is 0 Å². The van der Waals surface area contributed by atoms with Crippen LogP contribution in [0.1, 0.15) is 162 Å². The fraction of sp³-hybridized carbons (Fsp3) is 0.806. The minimum absolute atomic E-state index is 0.102. The summed E-state index contributed by atoms with van der Waals surface area (Å²) in [5, 5.41) is 9.50. The van der Waals surface area contributed by atoms with Crippen molar-refractivity contribution in [1.29, 1.82) is 0 Å². The number of rotatable bonds is 30. The molecule has 0 unspecified atom stereocenters. The summed E-state index contributed by atoms with van der Waals surface area (Å²) in [6.45, 7) is 6.28. The molecule has 0 rings (SSSR count). The summed E-state index contributed by atoms with van der Waals surface area (Å²) < 4.78 is 10.5. The second-order valence-corrected chi connectivity index (χ2v) is 12.1. The fourth-order valence-electron chi connectivity index (χ4n) is 4.72. The molecule has 0 amide bonds. The number of ketones is 1. The molecular formula is C36H64O6. The molecule has 0 saturated heterocycles. The topological polar surface area (TPSA) is 89.9 Å². The molecule has 0 aromatic carbocycles. The predicted octanol–water partition coefficient (Wildman–Crippen LogP) is 9.37. The Hall–Kier alpha value is -1.95. The minimum Gasteiger partial charge on any atom is -0.462 e. The van der Waals surface area contributed by atoms with E-state index in [0.29, 0.717) is 19.3 Å². The zero-order chi connectivity index (χ0) is 31.1. The van der Waals surface area contributed by atoms with Gasteiger partial charge < -0.3 is 14.6 Å². The Balaban J connectivity index is 3.69. The van der Waals surface area contributed by atoms with Crippen LogP contribution in [0.3, 0.4) is 0 Å². The van der Waals surface area contributed by atoms with Gasteiger partial charge in [-0.05, 0) is 44.1 Å². The summed E-state index contributed by atoms with van der Waals surface area (Å²) in [6, 6.07) is 0. The largest absolute Gasteiger partial charge is 0.462 e. The van der Waals surface area contributed by atoms with Crippen molar-refractivity contribution in [2.24, 2.45) is 5.92 Å². The van der Waals surface area contributed by atoms with Gasteiger partial charge >= 0.3 is 11.9 Å². The lowest BCUT2D eigenvalue weighted by Crippen LogP contribution is -2.28. The third-order valence-electron chi connectivity index (χ3n) is 7.40. The molecule has 244 valence electrons. The van der Waals surface area contributed by atoms with Crippen LogP contribution in [0.25, 0.3) is 0 Å². The van der Waals surface area contributed by atoms with Gasteiger partial charge in [0, 0.05) is 19.3 Å². The number of hydrogen-bond acceptors (Lipinski definition) is 6. The lowest BCUT2D eigenvalue weighted by Gasteiger charge is -2.15. The highest BCUT2D eigenvalue weighted by Gasteiger charge is 2.16. The van der Waals surface area contributed by atoms with Crippen LogP contribution in [-0.4, -0.2) is 42.1 Å². The van der Waals surface area contributed by atoms with Gasteiger partial charge in [0.25, 0.3) is 0 Å². The molecule has 0 aliphatic heterocycles. The quantitative estimate of drug-likeness (QED) is 0.0387. The smallest absolute Gasteiger partial charge is 0.306 e. The van der Waals surface area contributed by atoms with E-state index in [4.69, 9.17) is 9.47 Å². The van der Waals surface area contributed by atoms with Crippen molar-refractivity contribution in [3.8, 4) is 0 Å². The second kappa shape index (κ2) is 30.5. The van der Waals surface area contributed by atoms with Crippen LogP contribution >= 0.6 is 0 Å². The molecule has 6 heteroatoms. The minimum atomic E-state index is -0.813. The first-order valence-corrected chi connectivity index (χ1v) is 17.2. The number of hydrogen-bond donors (Lipinski definition) is 1. The summed E-state index contributed by atoms with van der Waals surface area (Å²) in [5.41, 5.74) is 0. The van der Waals surface area contributed by atoms with Crippen LogP contribution in [0.15, 0.2) is 24.3 Å². The third kappa shape index (κ3) is 29.5. The lowest BCUT2D eigenvalue weighted by molar-refractivity contribution is -0.161. The Morgan fingerprint density at radius 1 is 0.667 bits per heavy atom. The summed E-state index contributed by atoms with van der Waals surface area (Å²) in [4.78, 5) is 36.0. The number of unbranched alkanes of at least 4 members (excludes halogenated alkanes) is 15. The molecule has 0 radical (unpaired) electrons. The number of aliphatic hydroxyl groups is 1. The van der Waals surface area contributed by atoms with Crippen molar-refractivity contribution in [2.45, 2.75) is 168 Å². The van der Waals surface area contributed by atoms with E-state index in [2.05, 4.69) is 26.8 Å². The molecule has 0 aromatic rings. The van der Waals surface area contributed by atoms with Gasteiger partial charge in [0.05, 0.1) is 6.61 Å². The molecule has 0 spiro atoms. The Bertz CT molecular complexity index is 712. The van der Waals surface area contributed by atoms with Crippen molar-refractivity contribution >= 4 is 17.7 Å². The molecular weight excluding hydrogens is 528 g/mol. The number of carbonyl (C=O) groups is 3. The molecule has 0 aromatic heterocycles. The summed E-state index contributed by atoms with van der Waals surface area (Å²) in [5.74, 6) is 0.278. The standard InChI is InChI=1S/C36H64O6/c1-4-5-6-7-11-16-21-26-33(38)27-22-17-14-19-24-29-36(40)42-34(30-37)31-41-35(39)28-23-18-13-10-8-9-12-15-20-25-32(2)3/h11,16,21,26,32,34,37H,4-10,12-15,17-20,22-25,27-31H2,1-3H3/b16-11-,26-21+/t34-/m0/s1. The predicted molar refractivity (Wildman–Crippen MR) is 173 cm³/mol. The molecule has 0 aliphatic rings. The van der Waals surface area contributed by atoms with Gasteiger partial charge in [-0.25, -0.2) is 0 Å². The van der Waals surface area contributed by atoms with Crippen LogP contribution in [0.5, 0.6) is 0 Å². The first kappa shape index (κ1) is 40.1. The molecule has 0 saturated carbocycles. The van der Waals surface area contributed by atoms with E-state index in [9.17, 15) is 19.5 Å². The molecule has 0 heterocycles. The highest BCUT2D eigenvalue weighted by molar-refractivity contribution is 5.89. The van der Waals surface area contributed by atoms with Crippen LogP contribution in [0.2, 0.25) is 0 Å². The monoisotopic (exact) mass is 592 g/mol. The van der Waals surface area contributed by atoms with Crippen LogP contribution in [0, 0.1) is 5.92 Å². The number of carbonyl (C=O) groups excluding carboxylic acids is 3. The van der Waals surface area contributed by atoms with Gasteiger partial charge in [-0.1, -0.05) is 129 Å². The maximum Gasteiger partial charge on any atom is 0.306 e. The van der Waals surface area contributed by atoms with E-state index in [0.717, 1.165) is 57.3 Å². The highest BCUT2D eigenvalue weighted by atomic mass is 16.6. The zero-order valence-electron chi connectivity index (χ0n) is 27.4. The first-order chi connectivity index (χ1) is 20.4. The van der Waals surface area contributed by atoms with Crippen molar-refractivity contribution in [3.63, 3.8) is 0 Å². The van der Waals surface area contributed by atoms with Crippen molar-refractivity contribution in [2.75, 3.05) is 13.2 Å². The Kier molecular flexibility index (Phi) is 29.1. The number of ether oxygens (including phenoxy) is 2. The number of esters is 2. The Morgan fingerprint density at radius 2 is 1.21 bits per heavy atom. The molecule has 0 aliphatic carbocycles. The van der Waals surface area contributed by atoms with Gasteiger partial charge in [0.15, 0.2) is 11.9 Å². The highest BCUT2D eigenvalue weighted by Crippen LogP contribution is 2.14. The summed E-state index contributed by atoms with van der Waals surface area (Å²) >= 11 is 0. The van der Waals surface area contributed by atoms with Gasteiger partial charge in [0.1, 0.15) is 6.61 Å². The van der Waals surface area contributed by atoms with E-state index in [1.807, 2.05) is 12.2 Å². The van der Waals surface area contributed by atoms with Gasteiger partial charge in [0.2, 0.25) is 0 Å². The number of aliphatic hydroxyl groups excluding tert-OH is 1. The third-order valence-corrected chi connectivity index (χ3v) is 7.40. The Morgan fingerprint density at radius 3 is 1.79 bits per heavy atom. The fourth-order valence-corrected chi connectivity index (χ4v) is 4.72. The van der Waals surface area contributed by atoms with Crippen molar-refractivity contribution in [3.05, 3.63) is 24.3 Å². The van der Waals surface area contributed by atoms with E-state index < -0.39 is 6.10 Å². The number of allylic oxidation sites excluding steroid dienone is 4. The molecule has 1 atom stereocenters. The molecule has 6 nitrogen and oxygen atoms in total. The zero-order valence-corrected chi connectivity index (χ0v) is 27.4. The lowest BCUT2D eigenvalue weighted by atomic mass is 10.0. The maximum absolute atomic E-state index is 12.1. The molecule has 42 heavy (non-hydrogen) atoms. The Labute approximate surface area is 258 Å². The van der Waals surface area contributed by atoms with E-state index >= 15 is 0 Å². The van der Waals surface area contributed by atoms with E-state index in [-0.39, 0.29) is 37.4 Å².